The molecule has 5 heteroatoms. The van der Waals surface area contributed by atoms with Crippen LogP contribution in [-0.4, -0.2) is 52.9 Å². The Morgan fingerprint density at radius 1 is 1.33 bits per heavy atom. The van der Waals surface area contributed by atoms with E-state index < -0.39 is 0 Å². The summed E-state index contributed by atoms with van der Waals surface area (Å²) in [4.78, 5) is 20.8. The molecule has 116 valence electrons. The van der Waals surface area contributed by atoms with Gasteiger partial charge in [-0.25, -0.2) is 0 Å². The lowest BCUT2D eigenvalue weighted by molar-refractivity contribution is -0.133. The number of aromatic nitrogens is 1. The van der Waals surface area contributed by atoms with Crippen molar-refractivity contribution in [1.29, 1.82) is 0 Å². The Kier molecular flexibility index (Phi) is 6.14. The highest BCUT2D eigenvalue weighted by Crippen LogP contribution is 2.09. The van der Waals surface area contributed by atoms with Crippen LogP contribution >= 0.6 is 0 Å². The summed E-state index contributed by atoms with van der Waals surface area (Å²) in [5.74, 6) is 0.271. The van der Waals surface area contributed by atoms with Gasteiger partial charge < -0.3 is 10.6 Å². The minimum Gasteiger partial charge on any atom is -0.340 e. The summed E-state index contributed by atoms with van der Waals surface area (Å²) in [7, 11) is 0. The summed E-state index contributed by atoms with van der Waals surface area (Å²) < 4.78 is 0. The lowest BCUT2D eigenvalue weighted by Crippen LogP contribution is -2.48. The molecule has 0 bridgehead atoms. The average Bonchev–Trinajstić information content (AvgIpc) is 2.48. The number of hydrogen-bond donors (Lipinski definition) is 1. The van der Waals surface area contributed by atoms with Gasteiger partial charge in [0, 0.05) is 51.4 Å². The van der Waals surface area contributed by atoms with Crippen molar-refractivity contribution in [2.45, 2.75) is 38.8 Å². The molecule has 0 saturated carbocycles. The number of piperazine rings is 1. The normalized spacial score (nSPS) is 17.7. The fourth-order valence-electron chi connectivity index (χ4n) is 2.61. The fourth-order valence-corrected chi connectivity index (χ4v) is 2.61. The first kappa shape index (κ1) is 15.9. The number of amides is 1. The van der Waals surface area contributed by atoms with Gasteiger partial charge >= 0.3 is 0 Å². The van der Waals surface area contributed by atoms with Crippen molar-refractivity contribution in [3.05, 3.63) is 30.1 Å². The van der Waals surface area contributed by atoms with E-state index in [-0.39, 0.29) is 11.9 Å². The van der Waals surface area contributed by atoms with Crippen LogP contribution in [-0.2, 0) is 11.3 Å². The second kappa shape index (κ2) is 8.10. The number of pyridine rings is 1. The predicted molar refractivity (Wildman–Crippen MR) is 83.6 cm³/mol. The van der Waals surface area contributed by atoms with Crippen LogP contribution in [0.15, 0.2) is 24.4 Å². The van der Waals surface area contributed by atoms with Gasteiger partial charge in [0.25, 0.3) is 0 Å². The van der Waals surface area contributed by atoms with E-state index in [0.29, 0.717) is 6.42 Å². The molecule has 1 aromatic heterocycles. The predicted octanol–water partition coefficient (Wildman–Crippen LogP) is 1.24. The largest absolute Gasteiger partial charge is 0.340 e. The molecule has 1 atom stereocenters. The van der Waals surface area contributed by atoms with Crippen LogP contribution in [0.25, 0.3) is 0 Å². The topological polar surface area (TPSA) is 62.5 Å². The average molecular weight is 290 g/mol. The number of rotatable bonds is 6. The highest BCUT2D eigenvalue weighted by molar-refractivity contribution is 5.76. The molecule has 0 aromatic carbocycles. The summed E-state index contributed by atoms with van der Waals surface area (Å²) in [6.45, 7) is 6.35. The van der Waals surface area contributed by atoms with Gasteiger partial charge in [-0.3, -0.25) is 14.7 Å². The lowest BCUT2D eigenvalue weighted by Gasteiger charge is -2.34. The minimum absolute atomic E-state index is 0.188. The van der Waals surface area contributed by atoms with Crippen molar-refractivity contribution in [2.75, 3.05) is 26.2 Å². The third kappa shape index (κ3) is 5.44. The van der Waals surface area contributed by atoms with Crippen molar-refractivity contribution in [3.63, 3.8) is 0 Å². The van der Waals surface area contributed by atoms with Crippen molar-refractivity contribution in [2.24, 2.45) is 5.73 Å². The molecule has 0 aliphatic carbocycles. The molecule has 1 aromatic rings. The van der Waals surface area contributed by atoms with Crippen LogP contribution in [0.3, 0.4) is 0 Å². The van der Waals surface area contributed by atoms with E-state index >= 15 is 0 Å². The number of hydrogen-bond acceptors (Lipinski definition) is 4. The molecule has 5 nitrogen and oxygen atoms in total. The SMILES string of the molecule is CC(N)CCCC(=O)N1CCN(Cc2ccccn2)CC1. The Hall–Kier alpha value is -1.46. The summed E-state index contributed by atoms with van der Waals surface area (Å²) >= 11 is 0. The van der Waals surface area contributed by atoms with Crippen molar-refractivity contribution >= 4 is 5.91 Å². The first-order valence-corrected chi connectivity index (χ1v) is 7.81. The maximum atomic E-state index is 12.1. The van der Waals surface area contributed by atoms with Gasteiger partial charge in [-0.1, -0.05) is 6.07 Å². The van der Waals surface area contributed by atoms with Crippen molar-refractivity contribution < 1.29 is 4.79 Å². The Morgan fingerprint density at radius 3 is 2.71 bits per heavy atom. The molecule has 2 rings (SSSR count). The van der Waals surface area contributed by atoms with Gasteiger partial charge in [0.2, 0.25) is 5.91 Å². The van der Waals surface area contributed by atoms with E-state index in [2.05, 4.69) is 9.88 Å². The van der Waals surface area contributed by atoms with Crippen molar-refractivity contribution in [1.82, 2.24) is 14.8 Å². The lowest BCUT2D eigenvalue weighted by atomic mass is 10.1. The van der Waals surface area contributed by atoms with Crippen LogP contribution in [0.5, 0.6) is 0 Å². The summed E-state index contributed by atoms with van der Waals surface area (Å²) in [6, 6.07) is 6.18. The zero-order chi connectivity index (χ0) is 15.1. The molecular weight excluding hydrogens is 264 g/mol. The zero-order valence-electron chi connectivity index (χ0n) is 12.9. The smallest absolute Gasteiger partial charge is 0.222 e. The molecule has 0 radical (unpaired) electrons. The molecule has 1 fully saturated rings. The van der Waals surface area contributed by atoms with E-state index in [1.807, 2.05) is 36.2 Å². The number of nitrogens with zero attached hydrogens (tertiary/aromatic N) is 3. The van der Waals surface area contributed by atoms with E-state index in [1.54, 1.807) is 0 Å². The van der Waals surface area contributed by atoms with Gasteiger partial charge in [-0.2, -0.15) is 0 Å². The molecular formula is C16H26N4O. The molecule has 1 saturated heterocycles. The molecule has 1 aliphatic rings. The van der Waals surface area contributed by atoms with Crippen LogP contribution in [0, 0.1) is 0 Å². The molecule has 1 unspecified atom stereocenters. The van der Waals surface area contributed by atoms with Gasteiger partial charge in [-0.05, 0) is 31.9 Å². The maximum absolute atomic E-state index is 12.1. The molecule has 0 spiro atoms. The number of nitrogens with two attached hydrogens (primary N) is 1. The molecule has 2 N–H and O–H groups in total. The van der Waals surface area contributed by atoms with Gasteiger partial charge in [0.05, 0.1) is 5.69 Å². The third-order valence-electron chi connectivity index (χ3n) is 3.89. The van der Waals surface area contributed by atoms with Crippen LogP contribution in [0.2, 0.25) is 0 Å². The highest BCUT2D eigenvalue weighted by atomic mass is 16.2. The molecule has 21 heavy (non-hydrogen) atoms. The van der Waals surface area contributed by atoms with Gasteiger partial charge in [-0.15, -0.1) is 0 Å². The summed E-state index contributed by atoms with van der Waals surface area (Å²) in [5, 5.41) is 0. The van der Waals surface area contributed by atoms with E-state index in [1.165, 1.54) is 0 Å². The Morgan fingerprint density at radius 2 is 2.10 bits per heavy atom. The van der Waals surface area contributed by atoms with E-state index in [9.17, 15) is 4.79 Å². The Bertz CT molecular complexity index is 427. The maximum Gasteiger partial charge on any atom is 0.222 e. The van der Waals surface area contributed by atoms with Crippen LogP contribution < -0.4 is 5.73 Å². The first-order valence-electron chi connectivity index (χ1n) is 7.81. The van der Waals surface area contributed by atoms with E-state index in [4.69, 9.17) is 5.73 Å². The van der Waals surface area contributed by atoms with Crippen LogP contribution in [0.4, 0.5) is 0 Å². The first-order chi connectivity index (χ1) is 10.1. The zero-order valence-corrected chi connectivity index (χ0v) is 12.9. The summed E-state index contributed by atoms with van der Waals surface area (Å²) in [6.07, 6.45) is 4.27. The number of carbonyl (C=O) groups excluding carboxylic acids is 1. The highest BCUT2D eigenvalue weighted by Gasteiger charge is 2.20. The standard InChI is InChI=1S/C16H26N4O/c1-14(17)5-4-7-16(21)20-11-9-19(10-12-20)13-15-6-2-3-8-18-15/h2-3,6,8,14H,4-5,7,9-13,17H2,1H3. The van der Waals surface area contributed by atoms with E-state index in [0.717, 1.165) is 51.3 Å². The van der Waals surface area contributed by atoms with Gasteiger partial charge in [0.1, 0.15) is 0 Å². The fraction of sp³-hybridized carbons (Fsp3) is 0.625. The van der Waals surface area contributed by atoms with Crippen molar-refractivity contribution in [3.8, 4) is 0 Å². The molecule has 1 aliphatic heterocycles. The van der Waals surface area contributed by atoms with Crippen LogP contribution in [0.1, 0.15) is 31.9 Å². The summed E-state index contributed by atoms with van der Waals surface area (Å²) in [5.41, 5.74) is 6.80. The molecule has 1 amide bonds. The second-order valence-corrected chi connectivity index (χ2v) is 5.85. The molecule has 2 heterocycles. The van der Waals surface area contributed by atoms with Gasteiger partial charge in [0.15, 0.2) is 0 Å². The number of carbonyl (C=O) groups is 1. The minimum atomic E-state index is 0.188. The third-order valence-corrected chi connectivity index (χ3v) is 3.89. The second-order valence-electron chi connectivity index (χ2n) is 5.85. The monoisotopic (exact) mass is 290 g/mol. The Labute approximate surface area is 127 Å². The Balaban J connectivity index is 1.69. The quantitative estimate of drug-likeness (QED) is 0.856.